The van der Waals surface area contributed by atoms with Crippen LogP contribution in [0.3, 0.4) is 0 Å². The molecule has 0 aromatic carbocycles. The largest absolute Gasteiger partial charge is 0.330 e. The molecule has 2 aliphatic rings. The molecule has 1 unspecified atom stereocenters. The predicted octanol–water partition coefficient (Wildman–Crippen LogP) is -0.421. The van der Waals surface area contributed by atoms with Gasteiger partial charge < -0.3 is 10.2 Å². The summed E-state index contributed by atoms with van der Waals surface area (Å²) in [5.74, 6) is 0.281. The summed E-state index contributed by atoms with van der Waals surface area (Å²) in [4.78, 5) is 13.1. The van der Waals surface area contributed by atoms with E-state index < -0.39 is 0 Å². The topological polar surface area (TPSA) is 32.1 Å². The van der Waals surface area contributed by atoms with Gasteiger partial charge in [0, 0.05) is 6.54 Å². The Bertz CT molecular complexity index is 165. The number of piperazine rings is 1. The SMILES string of the molecule is CC[C@H]1C2CNCC(=O)N21. The van der Waals surface area contributed by atoms with E-state index >= 15 is 0 Å². The summed E-state index contributed by atoms with van der Waals surface area (Å²) in [5.41, 5.74) is 0. The fourth-order valence-electron chi connectivity index (χ4n) is 1.83. The highest BCUT2D eigenvalue weighted by molar-refractivity contribution is 5.82. The van der Waals surface area contributed by atoms with E-state index in [1.165, 1.54) is 0 Å². The Kier molecular flexibility index (Phi) is 1.20. The van der Waals surface area contributed by atoms with Crippen LogP contribution in [0.2, 0.25) is 0 Å². The molecule has 2 fully saturated rings. The highest BCUT2D eigenvalue weighted by Gasteiger charge is 2.50. The lowest BCUT2D eigenvalue weighted by Crippen LogP contribution is -2.37. The number of carbonyl (C=O) groups excluding carboxylic acids is 1. The van der Waals surface area contributed by atoms with Gasteiger partial charge in [-0.25, -0.2) is 0 Å². The van der Waals surface area contributed by atoms with E-state index in [-0.39, 0.29) is 5.91 Å². The first-order valence-electron chi connectivity index (χ1n) is 3.86. The highest BCUT2D eigenvalue weighted by Crippen LogP contribution is 2.31. The van der Waals surface area contributed by atoms with Crippen LogP contribution in [0, 0.1) is 0 Å². The monoisotopic (exact) mass is 140 g/mol. The van der Waals surface area contributed by atoms with Gasteiger partial charge in [-0.1, -0.05) is 6.92 Å². The average Bonchev–Trinajstić information content (AvgIpc) is 2.63. The second kappa shape index (κ2) is 1.95. The minimum Gasteiger partial charge on any atom is -0.330 e. The lowest BCUT2D eigenvalue weighted by Gasteiger charge is -2.10. The van der Waals surface area contributed by atoms with Gasteiger partial charge in [-0.05, 0) is 6.42 Å². The van der Waals surface area contributed by atoms with Crippen LogP contribution in [-0.4, -0.2) is 36.0 Å². The van der Waals surface area contributed by atoms with Crippen molar-refractivity contribution in [2.45, 2.75) is 25.4 Å². The second-order valence-electron chi connectivity index (χ2n) is 2.97. The molecule has 0 saturated carbocycles. The Morgan fingerprint density at radius 3 is 3.20 bits per heavy atom. The fraction of sp³-hybridized carbons (Fsp3) is 0.857. The molecule has 2 saturated heterocycles. The van der Waals surface area contributed by atoms with E-state index in [1.54, 1.807) is 0 Å². The maximum Gasteiger partial charge on any atom is 0.237 e. The molecular formula is C7H12N2O. The van der Waals surface area contributed by atoms with Gasteiger partial charge in [0.1, 0.15) is 0 Å². The molecule has 0 radical (unpaired) electrons. The van der Waals surface area contributed by atoms with Crippen LogP contribution in [0.25, 0.3) is 0 Å². The highest BCUT2D eigenvalue weighted by atomic mass is 16.2. The molecule has 2 rings (SSSR count). The summed E-state index contributed by atoms with van der Waals surface area (Å²) in [6.07, 6.45) is 1.11. The lowest BCUT2D eigenvalue weighted by atomic mass is 10.2. The van der Waals surface area contributed by atoms with Crippen molar-refractivity contribution in [3.63, 3.8) is 0 Å². The smallest absolute Gasteiger partial charge is 0.237 e. The van der Waals surface area contributed by atoms with Crippen molar-refractivity contribution < 1.29 is 4.79 Å². The van der Waals surface area contributed by atoms with E-state index in [0.717, 1.165) is 13.0 Å². The zero-order valence-corrected chi connectivity index (χ0v) is 6.13. The molecule has 1 N–H and O–H groups in total. The molecule has 3 nitrogen and oxygen atoms in total. The molecule has 3 heteroatoms. The fourth-order valence-corrected chi connectivity index (χ4v) is 1.83. The first kappa shape index (κ1) is 6.16. The second-order valence-corrected chi connectivity index (χ2v) is 2.97. The van der Waals surface area contributed by atoms with Gasteiger partial charge in [0.2, 0.25) is 5.91 Å². The predicted molar refractivity (Wildman–Crippen MR) is 37.6 cm³/mol. The molecule has 0 aromatic heterocycles. The van der Waals surface area contributed by atoms with Crippen molar-refractivity contribution in [1.29, 1.82) is 0 Å². The zero-order chi connectivity index (χ0) is 7.14. The van der Waals surface area contributed by atoms with E-state index in [9.17, 15) is 4.79 Å². The van der Waals surface area contributed by atoms with Gasteiger partial charge in [0.15, 0.2) is 0 Å². The lowest BCUT2D eigenvalue weighted by molar-refractivity contribution is -0.126. The van der Waals surface area contributed by atoms with E-state index in [1.807, 2.05) is 4.90 Å². The van der Waals surface area contributed by atoms with Crippen LogP contribution in [0.5, 0.6) is 0 Å². The number of nitrogens with zero attached hydrogens (tertiary/aromatic N) is 1. The van der Waals surface area contributed by atoms with Crippen molar-refractivity contribution in [3.8, 4) is 0 Å². The van der Waals surface area contributed by atoms with Crippen molar-refractivity contribution in [2.24, 2.45) is 0 Å². The number of amides is 1. The molecule has 1 amide bonds. The Balaban J connectivity index is 2.04. The van der Waals surface area contributed by atoms with Crippen molar-refractivity contribution >= 4 is 5.91 Å². The summed E-state index contributed by atoms with van der Waals surface area (Å²) >= 11 is 0. The quantitative estimate of drug-likeness (QED) is 0.502. The molecule has 56 valence electrons. The Hall–Kier alpha value is -0.570. The third-order valence-corrected chi connectivity index (χ3v) is 2.40. The summed E-state index contributed by atoms with van der Waals surface area (Å²) in [5, 5.41) is 3.10. The molecule has 0 aromatic rings. The molecule has 2 aliphatic heterocycles. The minimum atomic E-state index is 0.281. The van der Waals surface area contributed by atoms with Crippen LogP contribution in [0.4, 0.5) is 0 Å². The zero-order valence-electron chi connectivity index (χ0n) is 6.13. The Morgan fingerprint density at radius 1 is 1.80 bits per heavy atom. The van der Waals surface area contributed by atoms with E-state index in [4.69, 9.17) is 0 Å². The van der Waals surface area contributed by atoms with Crippen LogP contribution >= 0.6 is 0 Å². The molecule has 0 bridgehead atoms. The average molecular weight is 140 g/mol. The summed E-state index contributed by atoms with van der Waals surface area (Å²) < 4.78 is 0. The molecule has 2 atom stereocenters. The number of hydrogen-bond acceptors (Lipinski definition) is 2. The Labute approximate surface area is 60.4 Å². The third-order valence-electron chi connectivity index (χ3n) is 2.40. The van der Waals surface area contributed by atoms with Crippen molar-refractivity contribution in [1.82, 2.24) is 10.2 Å². The van der Waals surface area contributed by atoms with E-state index in [0.29, 0.717) is 18.6 Å². The number of fused-ring (bicyclic) bond motifs is 1. The van der Waals surface area contributed by atoms with Crippen LogP contribution in [0.1, 0.15) is 13.3 Å². The first-order valence-corrected chi connectivity index (χ1v) is 3.86. The molecule has 0 spiro atoms. The molecule has 10 heavy (non-hydrogen) atoms. The maximum atomic E-state index is 11.1. The van der Waals surface area contributed by atoms with Gasteiger partial charge in [-0.15, -0.1) is 0 Å². The Morgan fingerprint density at radius 2 is 2.60 bits per heavy atom. The van der Waals surface area contributed by atoms with Gasteiger partial charge in [0.25, 0.3) is 0 Å². The molecule has 2 heterocycles. The number of nitrogens with one attached hydrogen (secondary N) is 1. The maximum absolute atomic E-state index is 11.1. The number of hydrogen-bond donors (Lipinski definition) is 1. The summed E-state index contributed by atoms with van der Waals surface area (Å²) in [6.45, 7) is 3.69. The molecule has 0 aliphatic carbocycles. The van der Waals surface area contributed by atoms with Crippen molar-refractivity contribution in [2.75, 3.05) is 13.1 Å². The standard InChI is InChI=1S/C7H12N2O/c1-2-5-6-3-8-4-7(10)9(5)6/h5-6,8H,2-4H2,1H3/t5-,6?,9?/m0/s1. The van der Waals surface area contributed by atoms with E-state index in [2.05, 4.69) is 12.2 Å². The summed E-state index contributed by atoms with van der Waals surface area (Å²) in [7, 11) is 0. The van der Waals surface area contributed by atoms with Crippen LogP contribution in [-0.2, 0) is 4.79 Å². The molecular weight excluding hydrogens is 128 g/mol. The van der Waals surface area contributed by atoms with Gasteiger partial charge >= 0.3 is 0 Å². The minimum absolute atomic E-state index is 0.281. The van der Waals surface area contributed by atoms with Crippen LogP contribution in [0.15, 0.2) is 0 Å². The number of carbonyl (C=O) groups is 1. The third kappa shape index (κ3) is 0.669. The number of rotatable bonds is 1. The van der Waals surface area contributed by atoms with Gasteiger partial charge in [-0.2, -0.15) is 0 Å². The normalized spacial score (nSPS) is 37.7. The van der Waals surface area contributed by atoms with Crippen LogP contribution < -0.4 is 5.32 Å². The van der Waals surface area contributed by atoms with Crippen molar-refractivity contribution in [3.05, 3.63) is 0 Å². The first-order chi connectivity index (χ1) is 4.84. The van der Waals surface area contributed by atoms with Gasteiger partial charge in [0.05, 0.1) is 18.6 Å². The summed E-state index contributed by atoms with van der Waals surface area (Å²) in [6, 6.07) is 1.09. The van der Waals surface area contributed by atoms with Gasteiger partial charge in [-0.3, -0.25) is 4.79 Å².